The minimum atomic E-state index is 0.466. The van der Waals surface area contributed by atoms with E-state index in [0.717, 1.165) is 30.4 Å². The molecule has 26 heavy (non-hydrogen) atoms. The van der Waals surface area contributed by atoms with E-state index in [4.69, 9.17) is 11.6 Å². The molecule has 136 valence electrons. The summed E-state index contributed by atoms with van der Waals surface area (Å²) in [6.07, 6.45) is 8.08. The third kappa shape index (κ3) is 3.31. The van der Waals surface area contributed by atoms with Crippen LogP contribution < -0.4 is 4.90 Å². The number of anilines is 1. The van der Waals surface area contributed by atoms with Crippen molar-refractivity contribution in [1.29, 1.82) is 0 Å². The molecule has 1 unspecified atom stereocenters. The van der Waals surface area contributed by atoms with Crippen molar-refractivity contribution in [3.8, 4) is 5.69 Å². The Hall–Kier alpha value is -2.41. The van der Waals surface area contributed by atoms with E-state index in [0.29, 0.717) is 17.6 Å². The van der Waals surface area contributed by atoms with Crippen LogP contribution in [0, 0.1) is 0 Å². The number of rotatable bonds is 5. The van der Waals surface area contributed by atoms with Crippen LogP contribution in [0.25, 0.3) is 5.69 Å². The highest BCUT2D eigenvalue weighted by molar-refractivity contribution is 6.30. The third-order valence-corrected chi connectivity index (χ3v) is 5.15. The number of benzene rings is 1. The number of nitrogens with zero attached hydrogens (tertiary/aromatic N) is 7. The maximum atomic E-state index is 6.09. The predicted molar refractivity (Wildman–Crippen MR) is 101 cm³/mol. The molecule has 1 atom stereocenters. The highest BCUT2D eigenvalue weighted by atomic mass is 35.5. The van der Waals surface area contributed by atoms with E-state index in [1.165, 1.54) is 19.3 Å². The number of halogens is 1. The van der Waals surface area contributed by atoms with Crippen LogP contribution in [0.1, 0.15) is 38.4 Å². The highest BCUT2D eigenvalue weighted by Gasteiger charge is 2.27. The Labute approximate surface area is 157 Å². The fourth-order valence-corrected chi connectivity index (χ4v) is 3.72. The van der Waals surface area contributed by atoms with E-state index in [1.54, 1.807) is 17.2 Å². The molecule has 0 aliphatic carbocycles. The van der Waals surface area contributed by atoms with Crippen molar-refractivity contribution in [3.05, 3.63) is 47.5 Å². The van der Waals surface area contributed by atoms with Gasteiger partial charge >= 0.3 is 0 Å². The lowest BCUT2D eigenvalue weighted by molar-refractivity contribution is 0.441. The van der Waals surface area contributed by atoms with E-state index >= 15 is 0 Å². The van der Waals surface area contributed by atoms with Gasteiger partial charge in [0, 0.05) is 17.6 Å². The smallest absolute Gasteiger partial charge is 0.232 e. The quantitative estimate of drug-likeness (QED) is 0.688. The second-order valence-corrected chi connectivity index (χ2v) is 6.98. The molecule has 2 aromatic heterocycles. The Kier molecular flexibility index (Phi) is 4.88. The molecule has 0 bridgehead atoms. The van der Waals surface area contributed by atoms with Gasteiger partial charge in [-0.1, -0.05) is 18.5 Å². The lowest BCUT2D eigenvalue weighted by atomic mass is 10.0. The Morgan fingerprint density at radius 2 is 1.85 bits per heavy atom. The van der Waals surface area contributed by atoms with Gasteiger partial charge < -0.3 is 4.90 Å². The Morgan fingerprint density at radius 1 is 1.08 bits per heavy atom. The van der Waals surface area contributed by atoms with Crippen LogP contribution in [-0.4, -0.2) is 42.3 Å². The highest BCUT2D eigenvalue weighted by Crippen LogP contribution is 2.28. The summed E-state index contributed by atoms with van der Waals surface area (Å²) in [5, 5.41) is 18.1. The fourth-order valence-electron chi connectivity index (χ4n) is 3.59. The van der Waals surface area contributed by atoms with Crippen molar-refractivity contribution in [3.63, 3.8) is 0 Å². The van der Waals surface area contributed by atoms with E-state index in [-0.39, 0.29) is 0 Å². The first-order chi connectivity index (χ1) is 12.8. The van der Waals surface area contributed by atoms with E-state index < -0.39 is 0 Å². The number of hydrogen-bond donors (Lipinski definition) is 0. The van der Waals surface area contributed by atoms with Gasteiger partial charge in [0.15, 0.2) is 5.82 Å². The topological polar surface area (TPSA) is 64.7 Å². The molecule has 0 saturated carbocycles. The number of piperidine rings is 1. The van der Waals surface area contributed by atoms with Gasteiger partial charge in [-0.25, -0.2) is 0 Å². The molecule has 7 nitrogen and oxygen atoms in total. The molecule has 3 aromatic rings. The first kappa shape index (κ1) is 17.0. The molecule has 4 rings (SSSR count). The second-order valence-electron chi connectivity index (χ2n) is 6.54. The lowest BCUT2D eigenvalue weighted by Gasteiger charge is -2.36. The summed E-state index contributed by atoms with van der Waals surface area (Å²) in [5.74, 6) is 1.69. The minimum absolute atomic E-state index is 0.466. The minimum Gasteiger partial charge on any atom is -0.338 e. The van der Waals surface area contributed by atoms with Crippen molar-refractivity contribution in [1.82, 2.24) is 29.8 Å². The van der Waals surface area contributed by atoms with Crippen LogP contribution in [0.5, 0.6) is 0 Å². The fraction of sp³-hybridized carbons (Fsp3) is 0.444. The summed E-state index contributed by atoms with van der Waals surface area (Å²) in [6.45, 7) is 3.71. The van der Waals surface area contributed by atoms with Gasteiger partial charge in [0.1, 0.15) is 6.54 Å². The van der Waals surface area contributed by atoms with Crippen LogP contribution in [0.15, 0.2) is 36.7 Å². The first-order valence-corrected chi connectivity index (χ1v) is 9.45. The molecule has 1 aromatic carbocycles. The zero-order chi connectivity index (χ0) is 17.9. The molecule has 1 fully saturated rings. The molecular weight excluding hydrogens is 350 g/mol. The largest absolute Gasteiger partial charge is 0.338 e. The summed E-state index contributed by atoms with van der Waals surface area (Å²) < 4.78 is 2.10. The van der Waals surface area contributed by atoms with Crippen LogP contribution in [-0.2, 0) is 6.54 Å². The van der Waals surface area contributed by atoms with Crippen LogP contribution in [0.2, 0.25) is 5.02 Å². The van der Waals surface area contributed by atoms with Gasteiger partial charge in [0.25, 0.3) is 0 Å². The Morgan fingerprint density at radius 3 is 2.58 bits per heavy atom. The van der Waals surface area contributed by atoms with Crippen LogP contribution >= 0.6 is 11.6 Å². The van der Waals surface area contributed by atoms with Crippen LogP contribution in [0.4, 0.5) is 5.95 Å². The zero-order valence-electron chi connectivity index (χ0n) is 14.8. The maximum Gasteiger partial charge on any atom is 0.232 e. The van der Waals surface area contributed by atoms with Crippen LogP contribution in [0.3, 0.4) is 0 Å². The second kappa shape index (κ2) is 7.45. The molecule has 1 aliphatic heterocycles. The molecule has 0 radical (unpaired) electrons. The van der Waals surface area contributed by atoms with Crippen molar-refractivity contribution in [2.24, 2.45) is 0 Å². The zero-order valence-corrected chi connectivity index (χ0v) is 15.5. The van der Waals surface area contributed by atoms with Crippen molar-refractivity contribution in [2.45, 2.75) is 45.2 Å². The average molecular weight is 372 g/mol. The van der Waals surface area contributed by atoms with E-state index in [2.05, 4.69) is 36.8 Å². The molecular formula is C18H22ClN7. The predicted octanol–water partition coefficient (Wildman–Crippen LogP) is 3.33. The molecule has 0 amide bonds. The van der Waals surface area contributed by atoms with Gasteiger partial charge in [-0.3, -0.25) is 4.57 Å². The molecule has 0 spiro atoms. The average Bonchev–Trinajstić information content (AvgIpc) is 3.33. The number of hydrogen-bond acceptors (Lipinski definition) is 5. The van der Waals surface area contributed by atoms with E-state index in [9.17, 15) is 0 Å². The monoisotopic (exact) mass is 371 g/mol. The SMILES string of the molecule is CCC1CCCCN1c1nnc(Cn2nccn2)n1-c1ccc(Cl)cc1. The normalized spacial score (nSPS) is 17.6. The summed E-state index contributed by atoms with van der Waals surface area (Å²) in [5.41, 5.74) is 0.997. The molecule has 0 N–H and O–H groups in total. The lowest BCUT2D eigenvalue weighted by Crippen LogP contribution is -2.40. The van der Waals surface area contributed by atoms with Gasteiger partial charge in [0.2, 0.25) is 5.95 Å². The van der Waals surface area contributed by atoms with Gasteiger partial charge in [-0.05, 0) is 49.9 Å². The molecule has 1 aliphatic rings. The number of aromatic nitrogens is 6. The standard InChI is InChI=1S/C18H22ClN7/c1-2-15-5-3-4-12-24(15)18-23-22-17(13-25-20-10-11-21-25)26(18)16-8-6-14(19)7-9-16/h6-11,15H,2-5,12-13H2,1H3. The van der Waals surface area contributed by atoms with Crippen molar-refractivity contribution >= 4 is 17.5 Å². The third-order valence-electron chi connectivity index (χ3n) is 4.90. The van der Waals surface area contributed by atoms with Crippen molar-refractivity contribution < 1.29 is 0 Å². The Bertz CT molecular complexity index is 841. The van der Waals surface area contributed by atoms with Gasteiger partial charge in [-0.2, -0.15) is 15.0 Å². The first-order valence-electron chi connectivity index (χ1n) is 9.07. The molecule has 8 heteroatoms. The summed E-state index contributed by atoms with van der Waals surface area (Å²) >= 11 is 6.09. The van der Waals surface area contributed by atoms with Crippen molar-refractivity contribution in [2.75, 3.05) is 11.4 Å². The maximum absolute atomic E-state index is 6.09. The molecule has 1 saturated heterocycles. The van der Waals surface area contributed by atoms with Gasteiger partial charge in [-0.15, -0.1) is 10.2 Å². The Balaban J connectivity index is 1.78. The summed E-state index contributed by atoms with van der Waals surface area (Å²) in [6, 6.07) is 8.28. The van der Waals surface area contributed by atoms with Gasteiger partial charge in [0.05, 0.1) is 18.1 Å². The molecule has 3 heterocycles. The summed E-state index contributed by atoms with van der Waals surface area (Å²) in [7, 11) is 0. The summed E-state index contributed by atoms with van der Waals surface area (Å²) in [4.78, 5) is 4.01. The van der Waals surface area contributed by atoms with E-state index in [1.807, 2.05) is 24.3 Å².